The molecule has 4 rings (SSSR count). The summed E-state index contributed by atoms with van der Waals surface area (Å²) in [5.74, 6) is 0.0684. The number of aromatic nitrogens is 1. The van der Waals surface area contributed by atoms with Gasteiger partial charge in [0.2, 0.25) is 0 Å². The Labute approximate surface area is 159 Å². The minimum atomic E-state index is -4.52. The van der Waals surface area contributed by atoms with Crippen molar-refractivity contribution in [3.63, 3.8) is 0 Å². The monoisotopic (exact) mass is 383 g/mol. The first-order chi connectivity index (χ1) is 13.4. The van der Waals surface area contributed by atoms with Crippen molar-refractivity contribution >= 4 is 17.4 Å². The van der Waals surface area contributed by atoms with Crippen molar-refractivity contribution in [3.8, 4) is 0 Å². The average molecular weight is 383 g/mol. The van der Waals surface area contributed by atoms with E-state index in [0.717, 1.165) is 11.6 Å². The number of benzene rings is 2. The van der Waals surface area contributed by atoms with Crippen molar-refractivity contribution in [2.75, 3.05) is 10.2 Å². The molecule has 0 bridgehead atoms. The molecule has 1 atom stereocenters. The van der Waals surface area contributed by atoms with Crippen molar-refractivity contribution in [1.29, 1.82) is 0 Å². The molecule has 0 spiro atoms. The molecule has 0 saturated heterocycles. The van der Waals surface area contributed by atoms with E-state index in [2.05, 4.69) is 10.3 Å². The second-order valence-corrected chi connectivity index (χ2v) is 6.54. The number of fused-ring (bicyclic) bond motifs is 1. The quantitative estimate of drug-likeness (QED) is 0.678. The van der Waals surface area contributed by atoms with Gasteiger partial charge in [-0.2, -0.15) is 13.2 Å². The molecule has 0 fully saturated rings. The van der Waals surface area contributed by atoms with Crippen LogP contribution in [0.25, 0.3) is 0 Å². The molecular formula is C21H16F3N3O. The first-order valence-electron chi connectivity index (χ1n) is 8.64. The van der Waals surface area contributed by atoms with E-state index in [1.807, 2.05) is 6.92 Å². The van der Waals surface area contributed by atoms with Gasteiger partial charge in [0.15, 0.2) is 0 Å². The number of rotatable bonds is 3. The third-order valence-corrected chi connectivity index (χ3v) is 4.64. The number of aryl methyl sites for hydroxylation is 1. The summed E-state index contributed by atoms with van der Waals surface area (Å²) in [6, 6.07) is 15.6. The third kappa shape index (κ3) is 3.09. The molecule has 1 aliphatic rings. The van der Waals surface area contributed by atoms with E-state index in [-0.39, 0.29) is 11.6 Å². The van der Waals surface area contributed by atoms with Gasteiger partial charge in [0.25, 0.3) is 5.91 Å². The number of pyridine rings is 1. The highest BCUT2D eigenvalue weighted by Gasteiger charge is 2.40. The Morgan fingerprint density at radius 2 is 1.75 bits per heavy atom. The molecule has 28 heavy (non-hydrogen) atoms. The number of amides is 1. The SMILES string of the molecule is Cc1ccnc(N2C(=O)c3ccccc3C2Nc2ccccc2C(F)(F)F)c1. The van der Waals surface area contributed by atoms with E-state index in [4.69, 9.17) is 0 Å². The second-order valence-electron chi connectivity index (χ2n) is 6.54. The highest BCUT2D eigenvalue weighted by Crippen LogP contribution is 2.40. The summed E-state index contributed by atoms with van der Waals surface area (Å²) in [6.07, 6.45) is -3.75. The van der Waals surface area contributed by atoms with Gasteiger partial charge >= 0.3 is 6.18 Å². The maximum Gasteiger partial charge on any atom is 0.418 e. The summed E-state index contributed by atoms with van der Waals surface area (Å²) < 4.78 is 40.3. The molecule has 3 aromatic rings. The van der Waals surface area contributed by atoms with Crippen LogP contribution < -0.4 is 10.2 Å². The largest absolute Gasteiger partial charge is 0.418 e. The van der Waals surface area contributed by atoms with Crippen LogP contribution in [0.3, 0.4) is 0 Å². The smallest absolute Gasteiger partial charge is 0.361 e. The van der Waals surface area contributed by atoms with Crippen LogP contribution in [0.2, 0.25) is 0 Å². The van der Waals surface area contributed by atoms with E-state index in [1.54, 1.807) is 42.6 Å². The molecule has 1 amide bonds. The van der Waals surface area contributed by atoms with E-state index in [0.29, 0.717) is 16.9 Å². The van der Waals surface area contributed by atoms with Gasteiger partial charge in [-0.05, 0) is 42.8 Å². The molecule has 142 valence electrons. The summed E-state index contributed by atoms with van der Waals surface area (Å²) >= 11 is 0. The number of carbonyl (C=O) groups excluding carboxylic acids is 1. The van der Waals surface area contributed by atoms with Crippen molar-refractivity contribution in [2.24, 2.45) is 0 Å². The predicted molar refractivity (Wildman–Crippen MR) is 100 cm³/mol. The minimum absolute atomic E-state index is 0.0952. The van der Waals surface area contributed by atoms with Crippen molar-refractivity contribution in [1.82, 2.24) is 4.98 Å². The fraction of sp³-hybridized carbons (Fsp3) is 0.143. The lowest BCUT2D eigenvalue weighted by atomic mass is 10.1. The first-order valence-corrected chi connectivity index (χ1v) is 8.64. The number of nitrogens with one attached hydrogen (secondary N) is 1. The summed E-state index contributed by atoms with van der Waals surface area (Å²) in [5, 5.41) is 2.92. The van der Waals surface area contributed by atoms with Crippen LogP contribution in [-0.2, 0) is 6.18 Å². The Kier molecular flexibility index (Phi) is 4.30. The lowest BCUT2D eigenvalue weighted by molar-refractivity contribution is -0.137. The average Bonchev–Trinajstić information content (AvgIpc) is 2.94. The van der Waals surface area contributed by atoms with Crippen molar-refractivity contribution in [3.05, 3.63) is 89.1 Å². The molecule has 0 saturated carbocycles. The Morgan fingerprint density at radius 1 is 1.04 bits per heavy atom. The highest BCUT2D eigenvalue weighted by molar-refractivity contribution is 6.11. The van der Waals surface area contributed by atoms with E-state index in [1.165, 1.54) is 23.1 Å². The zero-order chi connectivity index (χ0) is 19.9. The molecule has 2 heterocycles. The first kappa shape index (κ1) is 18.0. The van der Waals surface area contributed by atoms with Crippen LogP contribution in [0.1, 0.15) is 33.2 Å². The van der Waals surface area contributed by atoms with E-state index in [9.17, 15) is 18.0 Å². The van der Waals surface area contributed by atoms with Gasteiger partial charge in [0, 0.05) is 23.0 Å². The standard InChI is InChI=1S/C21H16F3N3O/c1-13-10-11-25-18(12-13)27-19(14-6-2-3-7-15(14)20(27)28)26-17-9-5-4-8-16(17)21(22,23)24/h2-12,19,26H,1H3. The topological polar surface area (TPSA) is 45.2 Å². The number of hydrogen-bond acceptors (Lipinski definition) is 3. The van der Waals surface area contributed by atoms with Crippen LogP contribution in [-0.4, -0.2) is 10.9 Å². The fourth-order valence-corrected chi connectivity index (χ4v) is 3.35. The maximum absolute atomic E-state index is 13.4. The lowest BCUT2D eigenvalue weighted by Crippen LogP contribution is -2.33. The zero-order valence-electron chi connectivity index (χ0n) is 14.9. The lowest BCUT2D eigenvalue weighted by Gasteiger charge is -2.27. The van der Waals surface area contributed by atoms with Crippen LogP contribution in [0.15, 0.2) is 66.9 Å². The molecule has 4 nitrogen and oxygen atoms in total. The minimum Gasteiger partial charge on any atom is -0.361 e. The van der Waals surface area contributed by atoms with Gasteiger partial charge < -0.3 is 5.32 Å². The number of halogens is 3. The molecule has 0 aliphatic carbocycles. The highest BCUT2D eigenvalue weighted by atomic mass is 19.4. The molecule has 2 aromatic carbocycles. The van der Waals surface area contributed by atoms with Gasteiger partial charge in [-0.1, -0.05) is 30.3 Å². The molecular weight excluding hydrogens is 367 g/mol. The van der Waals surface area contributed by atoms with Gasteiger partial charge in [-0.15, -0.1) is 0 Å². The van der Waals surface area contributed by atoms with Crippen LogP contribution >= 0.6 is 0 Å². The fourth-order valence-electron chi connectivity index (χ4n) is 3.35. The zero-order valence-corrected chi connectivity index (χ0v) is 14.9. The number of alkyl halides is 3. The van der Waals surface area contributed by atoms with Gasteiger partial charge in [0.05, 0.1) is 5.56 Å². The summed E-state index contributed by atoms with van der Waals surface area (Å²) in [5.41, 5.74) is 1.05. The third-order valence-electron chi connectivity index (χ3n) is 4.64. The van der Waals surface area contributed by atoms with Crippen LogP contribution in [0.5, 0.6) is 0 Å². The summed E-state index contributed by atoms with van der Waals surface area (Å²) in [4.78, 5) is 18.7. The maximum atomic E-state index is 13.4. The molecule has 1 aliphatic heterocycles. The van der Waals surface area contributed by atoms with E-state index < -0.39 is 17.9 Å². The molecule has 1 unspecified atom stereocenters. The molecule has 1 N–H and O–H groups in total. The number of para-hydroxylation sites is 1. The molecule has 7 heteroatoms. The Balaban J connectivity index is 1.82. The molecule has 1 aromatic heterocycles. The Morgan fingerprint density at radius 3 is 2.50 bits per heavy atom. The molecule has 0 radical (unpaired) electrons. The van der Waals surface area contributed by atoms with Gasteiger partial charge in [0.1, 0.15) is 12.0 Å². The normalized spacial score (nSPS) is 16.2. The van der Waals surface area contributed by atoms with Crippen molar-refractivity contribution in [2.45, 2.75) is 19.3 Å². The Bertz CT molecular complexity index is 1050. The number of carbonyl (C=O) groups is 1. The van der Waals surface area contributed by atoms with Crippen LogP contribution in [0.4, 0.5) is 24.7 Å². The summed E-state index contributed by atoms with van der Waals surface area (Å²) in [7, 11) is 0. The van der Waals surface area contributed by atoms with Gasteiger partial charge in [-0.25, -0.2) is 4.98 Å². The number of anilines is 2. The Hall–Kier alpha value is -3.35. The predicted octanol–water partition coefficient (Wildman–Crippen LogP) is 5.18. The van der Waals surface area contributed by atoms with Crippen molar-refractivity contribution < 1.29 is 18.0 Å². The number of nitrogens with zero attached hydrogens (tertiary/aromatic N) is 2. The summed E-state index contributed by atoms with van der Waals surface area (Å²) in [6.45, 7) is 1.86. The second kappa shape index (κ2) is 6.67. The van der Waals surface area contributed by atoms with E-state index >= 15 is 0 Å². The van der Waals surface area contributed by atoms with Gasteiger partial charge in [-0.3, -0.25) is 9.69 Å². The van der Waals surface area contributed by atoms with Crippen LogP contribution in [0, 0.1) is 6.92 Å². The number of hydrogen-bond donors (Lipinski definition) is 1.